The minimum absolute atomic E-state index is 0.0191. The third-order valence-electron chi connectivity index (χ3n) is 3.20. The van der Waals surface area contributed by atoms with Crippen molar-refractivity contribution in [3.63, 3.8) is 0 Å². The van der Waals surface area contributed by atoms with Crippen LogP contribution >= 0.6 is 15.9 Å². The summed E-state index contributed by atoms with van der Waals surface area (Å²) >= 11 is 3.29. The van der Waals surface area contributed by atoms with E-state index in [9.17, 15) is 4.79 Å². The molecule has 110 valence electrons. The zero-order chi connectivity index (χ0) is 15.2. The summed E-state index contributed by atoms with van der Waals surface area (Å²) in [6.07, 6.45) is 2.53. The van der Waals surface area contributed by atoms with E-state index in [1.165, 1.54) is 0 Å². The largest absolute Gasteiger partial charge is 0.345 e. The quantitative estimate of drug-likeness (QED) is 0.817. The molecular formula is C17H19BrN2O. The lowest BCUT2D eigenvalue weighted by Crippen LogP contribution is -2.29. The molecule has 1 unspecified atom stereocenters. The molecule has 0 saturated carbocycles. The molecule has 0 aliphatic heterocycles. The monoisotopic (exact) mass is 346 g/mol. The second-order valence-corrected chi connectivity index (χ2v) is 6.25. The first-order valence-electron chi connectivity index (χ1n) is 7.03. The second kappa shape index (κ2) is 7.36. The Morgan fingerprint density at radius 2 is 1.95 bits per heavy atom. The number of hydrogen-bond donors (Lipinski definition) is 1. The molecule has 0 bridgehead atoms. The summed E-state index contributed by atoms with van der Waals surface area (Å²) in [5.41, 5.74) is 1.74. The van der Waals surface area contributed by atoms with Gasteiger partial charge in [0.1, 0.15) is 4.60 Å². The first kappa shape index (κ1) is 15.7. The SMILES string of the molecule is CC(C)CC(NC(=O)c1ccnc(Br)c1)c1ccccc1. The van der Waals surface area contributed by atoms with Crippen molar-refractivity contribution < 1.29 is 4.79 Å². The molecule has 21 heavy (non-hydrogen) atoms. The van der Waals surface area contributed by atoms with Crippen molar-refractivity contribution in [3.05, 3.63) is 64.4 Å². The first-order valence-corrected chi connectivity index (χ1v) is 7.83. The number of nitrogens with one attached hydrogen (secondary N) is 1. The van der Waals surface area contributed by atoms with Crippen molar-refractivity contribution >= 4 is 21.8 Å². The Bertz CT molecular complexity index is 599. The number of rotatable bonds is 5. The highest BCUT2D eigenvalue weighted by atomic mass is 79.9. The lowest BCUT2D eigenvalue weighted by molar-refractivity contribution is 0.0932. The molecule has 0 saturated heterocycles. The van der Waals surface area contributed by atoms with Crippen molar-refractivity contribution in [2.45, 2.75) is 26.3 Å². The summed E-state index contributed by atoms with van der Waals surface area (Å²) < 4.78 is 0.662. The van der Waals surface area contributed by atoms with E-state index < -0.39 is 0 Å². The van der Waals surface area contributed by atoms with Gasteiger partial charge in [-0.3, -0.25) is 4.79 Å². The topological polar surface area (TPSA) is 42.0 Å². The van der Waals surface area contributed by atoms with Gasteiger partial charge in [-0.25, -0.2) is 4.98 Å². The van der Waals surface area contributed by atoms with Gasteiger partial charge >= 0.3 is 0 Å². The lowest BCUT2D eigenvalue weighted by atomic mass is 9.96. The van der Waals surface area contributed by atoms with Crippen LogP contribution in [0, 0.1) is 5.92 Å². The lowest BCUT2D eigenvalue weighted by Gasteiger charge is -2.21. The molecule has 0 spiro atoms. The van der Waals surface area contributed by atoms with E-state index in [2.05, 4.69) is 52.2 Å². The highest BCUT2D eigenvalue weighted by molar-refractivity contribution is 9.10. The molecule has 0 fully saturated rings. The fraction of sp³-hybridized carbons (Fsp3) is 0.294. The van der Waals surface area contributed by atoms with E-state index in [-0.39, 0.29) is 11.9 Å². The van der Waals surface area contributed by atoms with E-state index in [1.54, 1.807) is 18.3 Å². The summed E-state index contributed by atoms with van der Waals surface area (Å²) in [6.45, 7) is 4.32. The van der Waals surface area contributed by atoms with Gasteiger partial charge in [0, 0.05) is 11.8 Å². The third-order valence-corrected chi connectivity index (χ3v) is 3.64. The average Bonchev–Trinajstić information content (AvgIpc) is 2.47. The highest BCUT2D eigenvalue weighted by Gasteiger charge is 2.17. The van der Waals surface area contributed by atoms with E-state index in [4.69, 9.17) is 0 Å². The molecule has 1 atom stereocenters. The number of carbonyl (C=O) groups excluding carboxylic acids is 1. The number of hydrogen-bond acceptors (Lipinski definition) is 2. The van der Waals surface area contributed by atoms with Gasteiger partial charge in [0.2, 0.25) is 0 Å². The summed E-state index contributed by atoms with van der Waals surface area (Å²) in [7, 11) is 0. The number of carbonyl (C=O) groups is 1. The van der Waals surface area contributed by atoms with Crippen molar-refractivity contribution in [2.75, 3.05) is 0 Å². The molecule has 0 aliphatic rings. The van der Waals surface area contributed by atoms with Crippen LogP contribution in [0.5, 0.6) is 0 Å². The van der Waals surface area contributed by atoms with Gasteiger partial charge in [0.25, 0.3) is 5.91 Å². The summed E-state index contributed by atoms with van der Waals surface area (Å²) in [5.74, 6) is 0.423. The molecular weight excluding hydrogens is 328 g/mol. The van der Waals surface area contributed by atoms with Gasteiger partial charge in [-0.15, -0.1) is 0 Å². The zero-order valence-electron chi connectivity index (χ0n) is 12.2. The van der Waals surface area contributed by atoms with Crippen molar-refractivity contribution in [2.24, 2.45) is 5.92 Å². The van der Waals surface area contributed by atoms with Crippen LogP contribution in [0.25, 0.3) is 0 Å². The Labute approximate surface area is 133 Å². The van der Waals surface area contributed by atoms with Gasteiger partial charge in [-0.05, 0) is 46.0 Å². The first-order chi connectivity index (χ1) is 10.1. The molecule has 1 N–H and O–H groups in total. The van der Waals surface area contributed by atoms with Crippen LogP contribution < -0.4 is 5.32 Å². The van der Waals surface area contributed by atoms with Gasteiger partial charge < -0.3 is 5.32 Å². The number of pyridine rings is 1. The van der Waals surface area contributed by atoms with Crippen LogP contribution in [0.1, 0.15) is 42.2 Å². The maximum absolute atomic E-state index is 12.4. The Morgan fingerprint density at radius 1 is 1.24 bits per heavy atom. The number of nitrogens with zero attached hydrogens (tertiary/aromatic N) is 1. The second-order valence-electron chi connectivity index (χ2n) is 5.43. The third kappa shape index (κ3) is 4.67. The van der Waals surface area contributed by atoms with E-state index in [0.29, 0.717) is 16.1 Å². The summed E-state index contributed by atoms with van der Waals surface area (Å²) in [4.78, 5) is 16.4. The van der Waals surface area contributed by atoms with Crippen LogP contribution in [-0.4, -0.2) is 10.9 Å². The van der Waals surface area contributed by atoms with Gasteiger partial charge in [-0.1, -0.05) is 44.2 Å². The van der Waals surface area contributed by atoms with E-state index in [0.717, 1.165) is 12.0 Å². The number of amides is 1. The molecule has 4 heteroatoms. The molecule has 0 radical (unpaired) electrons. The molecule has 1 aromatic heterocycles. The van der Waals surface area contributed by atoms with Crippen molar-refractivity contribution in [1.29, 1.82) is 0 Å². The smallest absolute Gasteiger partial charge is 0.251 e. The Morgan fingerprint density at radius 3 is 2.57 bits per heavy atom. The fourth-order valence-corrected chi connectivity index (χ4v) is 2.59. The molecule has 1 aromatic carbocycles. The molecule has 1 amide bonds. The Balaban J connectivity index is 2.17. The molecule has 2 aromatic rings. The van der Waals surface area contributed by atoms with Gasteiger partial charge in [0.15, 0.2) is 0 Å². The Kier molecular flexibility index (Phi) is 5.51. The maximum Gasteiger partial charge on any atom is 0.251 e. The maximum atomic E-state index is 12.4. The standard InChI is InChI=1S/C17H19BrN2O/c1-12(2)10-15(13-6-4-3-5-7-13)20-17(21)14-8-9-19-16(18)11-14/h3-9,11-12,15H,10H2,1-2H3,(H,20,21). The van der Waals surface area contributed by atoms with Crippen LogP contribution in [0.2, 0.25) is 0 Å². The highest BCUT2D eigenvalue weighted by Crippen LogP contribution is 2.21. The Hall–Kier alpha value is -1.68. The van der Waals surface area contributed by atoms with Crippen molar-refractivity contribution in [3.8, 4) is 0 Å². The predicted molar refractivity (Wildman–Crippen MR) is 88.0 cm³/mol. The van der Waals surface area contributed by atoms with E-state index >= 15 is 0 Å². The van der Waals surface area contributed by atoms with Crippen molar-refractivity contribution in [1.82, 2.24) is 10.3 Å². The van der Waals surface area contributed by atoms with E-state index in [1.807, 2.05) is 18.2 Å². The van der Waals surface area contributed by atoms with Gasteiger partial charge in [-0.2, -0.15) is 0 Å². The van der Waals surface area contributed by atoms with Crippen LogP contribution in [0.4, 0.5) is 0 Å². The number of benzene rings is 1. The van der Waals surface area contributed by atoms with Crippen LogP contribution in [-0.2, 0) is 0 Å². The van der Waals surface area contributed by atoms with Crippen LogP contribution in [0.15, 0.2) is 53.3 Å². The number of halogens is 1. The number of aromatic nitrogens is 1. The predicted octanol–water partition coefficient (Wildman–Crippen LogP) is 4.36. The minimum Gasteiger partial charge on any atom is -0.345 e. The summed E-state index contributed by atoms with van der Waals surface area (Å²) in [6, 6.07) is 13.6. The van der Waals surface area contributed by atoms with Gasteiger partial charge in [0.05, 0.1) is 6.04 Å². The normalized spacial score (nSPS) is 12.2. The average molecular weight is 347 g/mol. The molecule has 0 aliphatic carbocycles. The van der Waals surface area contributed by atoms with Crippen LogP contribution in [0.3, 0.4) is 0 Å². The molecule has 3 nitrogen and oxygen atoms in total. The molecule has 1 heterocycles. The molecule has 2 rings (SSSR count). The summed E-state index contributed by atoms with van der Waals surface area (Å²) in [5, 5.41) is 3.12. The minimum atomic E-state index is -0.0763. The zero-order valence-corrected chi connectivity index (χ0v) is 13.8. The fourth-order valence-electron chi connectivity index (χ4n) is 2.22.